The van der Waals surface area contributed by atoms with Gasteiger partial charge in [0, 0.05) is 18.8 Å². The molecule has 4 rings (SSSR count). The van der Waals surface area contributed by atoms with E-state index in [0.29, 0.717) is 11.4 Å². The molecule has 0 saturated heterocycles. The third-order valence-corrected chi connectivity index (χ3v) is 5.54. The summed E-state index contributed by atoms with van der Waals surface area (Å²) in [4.78, 5) is 46.0. The van der Waals surface area contributed by atoms with Crippen LogP contribution in [-0.2, 0) is 17.5 Å². The smallest absolute Gasteiger partial charge is 0.371 e. The van der Waals surface area contributed by atoms with Crippen LogP contribution in [-0.4, -0.2) is 53.5 Å². The summed E-state index contributed by atoms with van der Waals surface area (Å²) in [6.07, 6.45) is 0.416. The Morgan fingerprint density at radius 2 is 1.90 bits per heavy atom. The van der Waals surface area contributed by atoms with Gasteiger partial charge in [-0.3, -0.25) is 19.6 Å². The molecule has 0 aliphatic heterocycles. The van der Waals surface area contributed by atoms with Gasteiger partial charge < -0.3 is 25.0 Å². The maximum Gasteiger partial charge on any atom is 0.433 e. The number of aryl methyl sites for hydroxylation is 2. The van der Waals surface area contributed by atoms with Gasteiger partial charge in [0.15, 0.2) is 23.2 Å². The van der Waals surface area contributed by atoms with E-state index in [1.807, 2.05) is 0 Å². The quantitative estimate of drug-likeness (QED) is 0.300. The lowest BCUT2D eigenvalue weighted by Gasteiger charge is -2.17. The number of anilines is 2. The van der Waals surface area contributed by atoms with Crippen molar-refractivity contribution in [3.63, 3.8) is 0 Å². The molecule has 0 aromatic carbocycles. The summed E-state index contributed by atoms with van der Waals surface area (Å²) in [6.45, 7) is 4.45. The fourth-order valence-corrected chi connectivity index (χ4v) is 3.65. The highest BCUT2D eigenvalue weighted by Crippen LogP contribution is 2.31. The second kappa shape index (κ2) is 10.8. The van der Waals surface area contributed by atoms with Crippen molar-refractivity contribution in [2.75, 3.05) is 17.7 Å². The van der Waals surface area contributed by atoms with Crippen molar-refractivity contribution in [3.8, 4) is 11.3 Å². The molecule has 4 aromatic rings. The van der Waals surface area contributed by atoms with Gasteiger partial charge in [-0.25, -0.2) is 9.97 Å². The number of carbonyl (C=O) groups excluding carboxylic acids is 2. The number of pyridine rings is 1. The van der Waals surface area contributed by atoms with Crippen LogP contribution < -0.4 is 16.0 Å². The summed E-state index contributed by atoms with van der Waals surface area (Å²) in [7, 11) is 1.58. The van der Waals surface area contributed by atoms with Crippen molar-refractivity contribution in [2.45, 2.75) is 39.5 Å². The Labute approximate surface area is 219 Å². The summed E-state index contributed by atoms with van der Waals surface area (Å²) in [5.41, 5.74) is -0.485. The third-order valence-electron chi connectivity index (χ3n) is 5.54. The fraction of sp³-hybridized carbons (Fsp3) is 0.304. The standard InChI is InChI=1S/C23H23F3N10O3/c1-11-5-14(6-29-19(11)23(24,25)26)15-7-28-8-16(33-15)34-21(37)12(2)36-10-31-20(27-4)18(36)22(38)30-9-17-32-13(3)35-39-17/h5-8,10,12,27H,9H2,1-4H3,(H,30,38)(H,33,34,37)/t12-/m0/s1. The summed E-state index contributed by atoms with van der Waals surface area (Å²) >= 11 is 0. The van der Waals surface area contributed by atoms with Crippen LogP contribution in [0.5, 0.6) is 0 Å². The Hall–Kier alpha value is -4.89. The monoisotopic (exact) mass is 544 g/mol. The molecule has 0 aliphatic carbocycles. The molecular formula is C23H23F3N10O3. The lowest BCUT2D eigenvalue weighted by Crippen LogP contribution is -2.30. The van der Waals surface area contributed by atoms with Crippen molar-refractivity contribution in [3.05, 3.63) is 59.7 Å². The van der Waals surface area contributed by atoms with Gasteiger partial charge >= 0.3 is 6.18 Å². The van der Waals surface area contributed by atoms with Gasteiger partial charge in [-0.1, -0.05) is 5.16 Å². The molecular weight excluding hydrogens is 521 g/mol. The van der Waals surface area contributed by atoms with Crippen LogP contribution in [0.25, 0.3) is 11.3 Å². The van der Waals surface area contributed by atoms with Gasteiger partial charge in [-0.05, 0) is 32.4 Å². The zero-order valence-electron chi connectivity index (χ0n) is 21.2. The summed E-state index contributed by atoms with van der Waals surface area (Å²) in [6, 6.07) is 0.366. The first kappa shape index (κ1) is 27.2. The predicted molar refractivity (Wildman–Crippen MR) is 130 cm³/mol. The highest BCUT2D eigenvalue weighted by molar-refractivity contribution is 5.99. The minimum atomic E-state index is -4.58. The summed E-state index contributed by atoms with van der Waals surface area (Å²) < 4.78 is 45.5. The molecule has 0 bridgehead atoms. The molecule has 0 unspecified atom stereocenters. The minimum Gasteiger partial charge on any atom is -0.371 e. The highest BCUT2D eigenvalue weighted by Gasteiger charge is 2.34. The average molecular weight is 544 g/mol. The lowest BCUT2D eigenvalue weighted by molar-refractivity contribution is -0.141. The van der Waals surface area contributed by atoms with E-state index in [4.69, 9.17) is 4.52 Å². The molecule has 4 aromatic heterocycles. The van der Waals surface area contributed by atoms with Gasteiger partial charge in [-0.15, -0.1) is 0 Å². The van der Waals surface area contributed by atoms with E-state index in [1.54, 1.807) is 20.9 Å². The van der Waals surface area contributed by atoms with Crippen molar-refractivity contribution < 1.29 is 27.3 Å². The van der Waals surface area contributed by atoms with E-state index >= 15 is 0 Å². The molecule has 0 saturated carbocycles. The molecule has 0 aliphatic rings. The zero-order chi connectivity index (χ0) is 28.3. The molecule has 1 atom stereocenters. The lowest BCUT2D eigenvalue weighted by atomic mass is 10.1. The molecule has 16 heteroatoms. The van der Waals surface area contributed by atoms with Gasteiger partial charge in [0.2, 0.25) is 11.8 Å². The number of carbonyl (C=O) groups is 2. The Bertz CT molecular complexity index is 1520. The number of hydrogen-bond acceptors (Lipinski definition) is 10. The molecule has 0 fully saturated rings. The fourth-order valence-electron chi connectivity index (χ4n) is 3.65. The van der Waals surface area contributed by atoms with Gasteiger partial charge in [0.05, 0.1) is 31.0 Å². The van der Waals surface area contributed by atoms with Crippen LogP contribution in [0.4, 0.5) is 24.8 Å². The number of nitrogens with zero attached hydrogens (tertiary/aromatic N) is 7. The predicted octanol–water partition coefficient (Wildman–Crippen LogP) is 2.93. The Kier molecular flexibility index (Phi) is 7.55. The number of amides is 2. The molecule has 39 heavy (non-hydrogen) atoms. The molecule has 4 heterocycles. The first-order chi connectivity index (χ1) is 18.5. The van der Waals surface area contributed by atoms with Crippen molar-refractivity contribution in [1.82, 2.24) is 40.0 Å². The molecule has 204 valence electrons. The van der Waals surface area contributed by atoms with Crippen LogP contribution in [0.1, 0.15) is 46.4 Å². The number of alkyl halides is 3. The Morgan fingerprint density at radius 1 is 1.13 bits per heavy atom. The summed E-state index contributed by atoms with van der Waals surface area (Å²) in [5, 5.41) is 11.7. The summed E-state index contributed by atoms with van der Waals surface area (Å²) in [5.74, 6) is -0.179. The van der Waals surface area contributed by atoms with Crippen LogP contribution in [0.2, 0.25) is 0 Å². The van der Waals surface area contributed by atoms with Crippen molar-refractivity contribution in [1.29, 1.82) is 0 Å². The second-order valence-corrected chi connectivity index (χ2v) is 8.36. The number of halogens is 3. The Morgan fingerprint density at radius 3 is 2.54 bits per heavy atom. The van der Waals surface area contributed by atoms with E-state index in [2.05, 4.69) is 46.0 Å². The zero-order valence-corrected chi connectivity index (χ0v) is 21.2. The molecule has 0 spiro atoms. The number of rotatable bonds is 8. The Balaban J connectivity index is 1.51. The molecule has 13 nitrogen and oxygen atoms in total. The molecule has 0 radical (unpaired) electrons. The SMILES string of the molecule is CNc1ncn([C@@H](C)C(=O)Nc2cncc(-c3cnc(C(F)(F)F)c(C)c3)n2)c1C(=O)NCc1nc(C)no1. The first-order valence-corrected chi connectivity index (χ1v) is 11.5. The van der Waals surface area contributed by atoms with Crippen LogP contribution >= 0.6 is 0 Å². The maximum absolute atomic E-state index is 13.1. The van der Waals surface area contributed by atoms with Gasteiger partial charge in [0.25, 0.3) is 5.91 Å². The normalized spacial score (nSPS) is 12.2. The number of nitrogens with one attached hydrogen (secondary N) is 3. The van der Waals surface area contributed by atoms with Crippen molar-refractivity contribution >= 4 is 23.5 Å². The van der Waals surface area contributed by atoms with E-state index in [9.17, 15) is 22.8 Å². The van der Waals surface area contributed by atoms with E-state index in [0.717, 1.165) is 6.20 Å². The van der Waals surface area contributed by atoms with Gasteiger partial charge in [0.1, 0.15) is 11.7 Å². The second-order valence-electron chi connectivity index (χ2n) is 8.36. The van der Waals surface area contributed by atoms with Crippen LogP contribution in [0.15, 0.2) is 35.5 Å². The minimum absolute atomic E-state index is 0.0325. The third kappa shape index (κ3) is 6.00. The van der Waals surface area contributed by atoms with Crippen LogP contribution in [0.3, 0.4) is 0 Å². The van der Waals surface area contributed by atoms with E-state index in [-0.39, 0.29) is 41.0 Å². The molecule has 2 amide bonds. The number of imidazole rings is 1. The number of hydrogen-bond donors (Lipinski definition) is 3. The van der Waals surface area contributed by atoms with Crippen LogP contribution in [0, 0.1) is 13.8 Å². The van der Waals surface area contributed by atoms with E-state index < -0.39 is 29.7 Å². The highest BCUT2D eigenvalue weighted by atomic mass is 19.4. The maximum atomic E-state index is 13.1. The van der Waals surface area contributed by atoms with Gasteiger partial charge in [-0.2, -0.15) is 18.2 Å². The average Bonchev–Trinajstić information content (AvgIpc) is 3.52. The largest absolute Gasteiger partial charge is 0.433 e. The van der Waals surface area contributed by atoms with E-state index in [1.165, 1.54) is 36.3 Å². The molecule has 3 N–H and O–H groups in total. The first-order valence-electron chi connectivity index (χ1n) is 11.5. The topological polar surface area (TPSA) is 166 Å². The van der Waals surface area contributed by atoms with Crippen molar-refractivity contribution in [2.24, 2.45) is 0 Å². The number of aromatic nitrogens is 7.